The molecule has 2 aliphatic heterocycles. The van der Waals surface area contributed by atoms with E-state index in [1.807, 2.05) is 98.8 Å². The van der Waals surface area contributed by atoms with Gasteiger partial charge in [0.2, 0.25) is 5.91 Å². The molecule has 4 aromatic carbocycles. The lowest BCUT2D eigenvalue weighted by atomic mass is 9.92. The lowest BCUT2D eigenvalue weighted by molar-refractivity contribution is -0.127. The molecule has 290 valence electrons. The molecule has 0 saturated carbocycles. The van der Waals surface area contributed by atoms with Crippen LogP contribution >= 0.6 is 23.2 Å². The topological polar surface area (TPSA) is 95.0 Å². The highest BCUT2D eigenvalue weighted by atomic mass is 35.5. The molecule has 0 spiro atoms. The highest BCUT2D eigenvalue weighted by Gasteiger charge is 2.34. The van der Waals surface area contributed by atoms with Crippen LogP contribution in [0.1, 0.15) is 50.9 Å². The number of aromatic nitrogens is 2. The number of nitrogens with zero attached hydrogens (tertiary/aromatic N) is 3. The highest BCUT2D eigenvalue weighted by Crippen LogP contribution is 2.41. The molecule has 9 nitrogen and oxygen atoms in total. The van der Waals surface area contributed by atoms with Gasteiger partial charge in [0.1, 0.15) is 30.5 Å². The second kappa shape index (κ2) is 17.3. The number of amides is 1. The molecule has 0 fully saturated rings. The number of carbonyl (C=O) groups excluding carboxylic acids is 1. The Balaban J connectivity index is 0.907. The Morgan fingerprint density at radius 2 is 1.63 bits per heavy atom. The van der Waals surface area contributed by atoms with E-state index in [1.54, 1.807) is 24.5 Å². The molecule has 11 heteroatoms. The molecule has 1 N–H and O–H groups in total. The van der Waals surface area contributed by atoms with Crippen molar-refractivity contribution < 1.29 is 23.7 Å². The second-order valence-electron chi connectivity index (χ2n) is 14.3. The summed E-state index contributed by atoms with van der Waals surface area (Å²) >= 11 is 12.2. The largest absolute Gasteiger partial charge is 0.489 e. The number of ether oxygens (including phenoxy) is 4. The first-order chi connectivity index (χ1) is 27.8. The first-order valence-corrected chi connectivity index (χ1v) is 19.7. The summed E-state index contributed by atoms with van der Waals surface area (Å²) in [6.07, 6.45) is 4.48. The summed E-state index contributed by atoms with van der Waals surface area (Å²) in [7, 11) is 0. The van der Waals surface area contributed by atoms with Crippen LogP contribution in [0.3, 0.4) is 0 Å². The van der Waals surface area contributed by atoms with Gasteiger partial charge in [-0.3, -0.25) is 19.7 Å². The fraction of sp³-hybridized carbons (Fsp3) is 0.239. The van der Waals surface area contributed by atoms with Crippen molar-refractivity contribution in [3.8, 4) is 28.7 Å². The number of aryl methyl sites for hydroxylation is 1. The van der Waals surface area contributed by atoms with Crippen molar-refractivity contribution in [2.24, 2.45) is 0 Å². The molecule has 2 atom stereocenters. The monoisotopic (exact) mass is 800 g/mol. The summed E-state index contributed by atoms with van der Waals surface area (Å²) in [4.78, 5) is 25.0. The minimum atomic E-state index is -0.380. The summed E-state index contributed by atoms with van der Waals surface area (Å²) in [6.45, 7) is 6.31. The maximum Gasteiger partial charge on any atom is 0.237 e. The second-order valence-corrected chi connectivity index (χ2v) is 15.2. The number of hydrogen-bond donors (Lipinski definition) is 1. The average Bonchev–Trinajstić information content (AvgIpc) is 3.23. The van der Waals surface area contributed by atoms with Gasteiger partial charge in [-0.2, -0.15) is 0 Å². The van der Waals surface area contributed by atoms with Crippen molar-refractivity contribution in [3.63, 3.8) is 0 Å². The predicted molar refractivity (Wildman–Crippen MR) is 220 cm³/mol. The van der Waals surface area contributed by atoms with Crippen LogP contribution in [0.5, 0.6) is 28.7 Å². The van der Waals surface area contributed by atoms with Gasteiger partial charge in [0.15, 0.2) is 17.6 Å². The Bertz CT molecular complexity index is 2360. The van der Waals surface area contributed by atoms with Gasteiger partial charge >= 0.3 is 0 Å². The van der Waals surface area contributed by atoms with Crippen molar-refractivity contribution in [3.05, 3.63) is 170 Å². The molecule has 0 aliphatic carbocycles. The third-order valence-electron chi connectivity index (χ3n) is 10.5. The van der Waals surface area contributed by atoms with Crippen molar-refractivity contribution >= 4 is 29.1 Å². The number of nitrogens with one attached hydrogen (secondary N) is 1. The Morgan fingerprint density at radius 1 is 0.842 bits per heavy atom. The maximum absolute atomic E-state index is 13.9. The number of benzene rings is 4. The van der Waals surface area contributed by atoms with Crippen molar-refractivity contribution in [1.29, 1.82) is 0 Å². The van der Waals surface area contributed by atoms with Crippen LogP contribution in [0.15, 0.2) is 116 Å². The van der Waals surface area contributed by atoms with E-state index in [0.29, 0.717) is 67.2 Å². The van der Waals surface area contributed by atoms with Gasteiger partial charge in [0, 0.05) is 43.3 Å². The summed E-state index contributed by atoms with van der Waals surface area (Å²) in [6, 6.07) is 32.8. The van der Waals surface area contributed by atoms with E-state index in [-0.39, 0.29) is 18.1 Å². The van der Waals surface area contributed by atoms with Crippen LogP contribution in [0.25, 0.3) is 0 Å². The number of fused-ring (bicyclic) bond motifs is 2. The molecule has 0 saturated heterocycles. The minimum absolute atomic E-state index is 0.0144. The number of carbonyl (C=O) groups is 1. The minimum Gasteiger partial charge on any atom is -0.489 e. The Labute approximate surface area is 342 Å². The Hall–Kier alpha value is -5.61. The number of halogens is 2. The molecule has 6 aromatic rings. The van der Waals surface area contributed by atoms with Crippen LogP contribution < -0.4 is 24.3 Å². The standard InChI is InChI=1S/C46H42Cl2N4O5/c1-29-30(2)49-20-17-42(29)56-38-11-6-31(7-12-38)16-19-51-46(53)41-22-34-23-43-44(24-35(34)25-52(41)26-36-5-3-4-18-50-36)57-45(28-55-43)33-9-13-37(14-10-33)54-27-32-8-15-39(47)40(48)21-32/h3-15,17-18,20-21,23-24,41,45H,16,19,22,25-28H2,1-2H3,(H,51,53). The van der Waals surface area contributed by atoms with Gasteiger partial charge in [-0.1, -0.05) is 59.6 Å². The van der Waals surface area contributed by atoms with E-state index < -0.39 is 0 Å². The average molecular weight is 802 g/mol. The smallest absolute Gasteiger partial charge is 0.237 e. The van der Waals surface area contributed by atoms with Crippen molar-refractivity contribution in [1.82, 2.24) is 20.2 Å². The predicted octanol–water partition coefficient (Wildman–Crippen LogP) is 9.57. The van der Waals surface area contributed by atoms with E-state index in [1.165, 1.54) is 0 Å². The molecule has 2 aromatic heterocycles. The summed E-state index contributed by atoms with van der Waals surface area (Å²) in [5.74, 6) is 3.64. The molecule has 57 heavy (non-hydrogen) atoms. The number of hydrogen-bond acceptors (Lipinski definition) is 8. The maximum atomic E-state index is 13.9. The van der Waals surface area contributed by atoms with Gasteiger partial charge in [-0.05, 0) is 121 Å². The van der Waals surface area contributed by atoms with Gasteiger partial charge < -0.3 is 24.3 Å². The molecule has 0 radical (unpaired) electrons. The van der Waals surface area contributed by atoms with Crippen LogP contribution in [-0.4, -0.2) is 40.0 Å². The van der Waals surface area contributed by atoms with Gasteiger partial charge in [-0.15, -0.1) is 0 Å². The third kappa shape index (κ3) is 9.18. The van der Waals surface area contributed by atoms with E-state index in [9.17, 15) is 4.79 Å². The van der Waals surface area contributed by atoms with Gasteiger partial charge in [-0.25, -0.2) is 0 Å². The van der Waals surface area contributed by atoms with Gasteiger partial charge in [0.25, 0.3) is 0 Å². The molecule has 0 bridgehead atoms. The van der Waals surface area contributed by atoms with E-state index in [2.05, 4.69) is 26.3 Å². The fourth-order valence-electron chi connectivity index (χ4n) is 7.10. The van der Waals surface area contributed by atoms with Crippen LogP contribution in [0, 0.1) is 13.8 Å². The van der Waals surface area contributed by atoms with Crippen LogP contribution in [-0.2, 0) is 37.3 Å². The molecule has 8 rings (SSSR count). The Kier molecular flexibility index (Phi) is 11.6. The van der Waals surface area contributed by atoms with Crippen molar-refractivity contribution in [2.45, 2.75) is 58.5 Å². The van der Waals surface area contributed by atoms with Crippen LogP contribution in [0.2, 0.25) is 10.0 Å². The zero-order valence-electron chi connectivity index (χ0n) is 31.7. The summed E-state index contributed by atoms with van der Waals surface area (Å²) in [5, 5.41) is 4.22. The molecule has 1 amide bonds. The van der Waals surface area contributed by atoms with E-state index >= 15 is 0 Å². The summed E-state index contributed by atoms with van der Waals surface area (Å²) < 4.78 is 24.9. The molecule has 2 unspecified atom stereocenters. The zero-order chi connectivity index (χ0) is 39.3. The quantitative estimate of drug-likeness (QED) is 0.131. The fourth-order valence-corrected chi connectivity index (χ4v) is 7.42. The first-order valence-electron chi connectivity index (χ1n) is 19.0. The molecule has 2 aliphatic rings. The van der Waals surface area contributed by atoms with E-state index in [0.717, 1.165) is 62.0 Å². The molecule has 4 heterocycles. The lowest BCUT2D eigenvalue weighted by Crippen LogP contribution is -2.50. The van der Waals surface area contributed by atoms with E-state index in [4.69, 9.17) is 42.1 Å². The van der Waals surface area contributed by atoms with Crippen LogP contribution in [0.4, 0.5) is 0 Å². The molecular weight excluding hydrogens is 759 g/mol. The summed E-state index contributed by atoms with van der Waals surface area (Å²) in [5.41, 5.74) is 8.06. The normalized spacial score (nSPS) is 16.1. The van der Waals surface area contributed by atoms with Crippen molar-refractivity contribution in [2.75, 3.05) is 13.2 Å². The Morgan fingerprint density at radius 3 is 2.42 bits per heavy atom. The lowest BCUT2D eigenvalue weighted by Gasteiger charge is -2.37. The zero-order valence-corrected chi connectivity index (χ0v) is 33.2. The first kappa shape index (κ1) is 38.3. The van der Waals surface area contributed by atoms with Gasteiger partial charge in [0.05, 0.1) is 21.8 Å². The number of rotatable bonds is 12. The SMILES string of the molecule is Cc1nccc(Oc2ccc(CCNC(=O)C3Cc4cc5c(cc4CN3Cc3ccccn3)OC(c3ccc(OCc4ccc(Cl)c(Cl)c4)cc3)CO5)cc2)c1C. The molecular formula is C46H42Cl2N4O5. The highest BCUT2D eigenvalue weighted by molar-refractivity contribution is 6.42. The third-order valence-corrected chi connectivity index (χ3v) is 11.2. The number of pyridine rings is 2.